The summed E-state index contributed by atoms with van der Waals surface area (Å²) in [5.74, 6) is -0.514. The highest BCUT2D eigenvalue weighted by Crippen LogP contribution is 2.13. The number of benzene rings is 1. The smallest absolute Gasteiger partial charge is 0.173 e. The van der Waals surface area contributed by atoms with E-state index in [1.54, 1.807) is 0 Å². The molecule has 0 radical (unpaired) electrons. The molecular formula is C14H19NO3. The molecule has 0 aliphatic carbocycles. The second-order valence-electron chi connectivity index (χ2n) is 4.47. The number of hydrogen-bond acceptors (Lipinski definition) is 4. The van der Waals surface area contributed by atoms with Crippen LogP contribution in [0.15, 0.2) is 24.3 Å². The monoisotopic (exact) mass is 249 g/mol. The highest BCUT2D eigenvalue weighted by atomic mass is 16.5. The summed E-state index contributed by atoms with van der Waals surface area (Å²) in [5.41, 5.74) is 2.03. The van der Waals surface area contributed by atoms with Crippen LogP contribution in [0.25, 0.3) is 0 Å². The third-order valence-electron chi connectivity index (χ3n) is 2.61. The summed E-state index contributed by atoms with van der Waals surface area (Å²) in [7, 11) is 3.93. The molecule has 98 valence electrons. The van der Waals surface area contributed by atoms with Crippen molar-refractivity contribution in [1.82, 2.24) is 0 Å². The number of carbonyl (C=O) groups excluding carboxylic acids is 2. The van der Waals surface area contributed by atoms with E-state index in [0.717, 1.165) is 11.3 Å². The maximum absolute atomic E-state index is 11.2. The van der Waals surface area contributed by atoms with E-state index in [1.807, 2.05) is 43.3 Å². The van der Waals surface area contributed by atoms with Gasteiger partial charge in [0.05, 0.1) is 6.61 Å². The number of anilines is 1. The van der Waals surface area contributed by atoms with Gasteiger partial charge in [-0.15, -0.1) is 0 Å². The molecule has 0 spiro atoms. The highest BCUT2D eigenvalue weighted by Gasteiger charge is 2.19. The topological polar surface area (TPSA) is 46.6 Å². The first-order chi connectivity index (χ1) is 8.41. The Balaban J connectivity index is 2.63. The van der Waals surface area contributed by atoms with Gasteiger partial charge in [-0.05, 0) is 31.5 Å². The summed E-state index contributed by atoms with van der Waals surface area (Å²) in [6.07, 6.45) is -0.946. The van der Waals surface area contributed by atoms with Gasteiger partial charge < -0.3 is 9.64 Å². The van der Waals surface area contributed by atoms with Crippen molar-refractivity contribution >= 4 is 17.3 Å². The SMILES string of the molecule is CC(=O)C(OCc1ccc(N(C)C)cc1)C(C)=O. The summed E-state index contributed by atoms with van der Waals surface area (Å²) >= 11 is 0. The third-order valence-corrected chi connectivity index (χ3v) is 2.61. The Morgan fingerprint density at radius 3 is 2.00 bits per heavy atom. The first-order valence-electron chi connectivity index (χ1n) is 5.80. The van der Waals surface area contributed by atoms with E-state index in [4.69, 9.17) is 4.74 Å². The molecule has 1 aromatic carbocycles. The number of ketones is 2. The van der Waals surface area contributed by atoms with Gasteiger partial charge in [-0.25, -0.2) is 0 Å². The minimum atomic E-state index is -0.946. The predicted octanol–water partition coefficient (Wildman–Crippen LogP) is 1.82. The van der Waals surface area contributed by atoms with Gasteiger partial charge in [0.15, 0.2) is 17.7 Å². The van der Waals surface area contributed by atoms with Crippen LogP contribution in [-0.4, -0.2) is 31.8 Å². The Hall–Kier alpha value is -1.68. The number of carbonyl (C=O) groups is 2. The van der Waals surface area contributed by atoms with E-state index in [0.29, 0.717) is 0 Å². The Bertz CT molecular complexity index is 409. The van der Waals surface area contributed by atoms with Crippen molar-refractivity contribution in [3.63, 3.8) is 0 Å². The van der Waals surface area contributed by atoms with Gasteiger partial charge >= 0.3 is 0 Å². The molecule has 0 aliphatic heterocycles. The quantitative estimate of drug-likeness (QED) is 0.721. The second kappa shape index (κ2) is 6.31. The van der Waals surface area contributed by atoms with Crippen LogP contribution in [0, 0.1) is 0 Å². The van der Waals surface area contributed by atoms with Crippen molar-refractivity contribution in [2.45, 2.75) is 26.6 Å². The van der Waals surface area contributed by atoms with Gasteiger partial charge in [0.1, 0.15) is 0 Å². The minimum Gasteiger partial charge on any atom is -0.378 e. The molecule has 0 saturated carbocycles. The van der Waals surface area contributed by atoms with E-state index >= 15 is 0 Å². The predicted molar refractivity (Wildman–Crippen MR) is 70.7 cm³/mol. The number of ether oxygens (including phenoxy) is 1. The van der Waals surface area contributed by atoms with Crippen LogP contribution in [0.1, 0.15) is 19.4 Å². The summed E-state index contributed by atoms with van der Waals surface area (Å²) < 4.78 is 5.34. The first-order valence-corrected chi connectivity index (χ1v) is 5.80. The second-order valence-corrected chi connectivity index (χ2v) is 4.47. The van der Waals surface area contributed by atoms with Crippen molar-refractivity contribution in [2.24, 2.45) is 0 Å². The lowest BCUT2D eigenvalue weighted by atomic mass is 10.1. The first kappa shape index (κ1) is 14.4. The fourth-order valence-corrected chi connectivity index (χ4v) is 1.59. The zero-order chi connectivity index (χ0) is 13.7. The largest absolute Gasteiger partial charge is 0.378 e. The van der Waals surface area contributed by atoms with Gasteiger partial charge in [0, 0.05) is 19.8 Å². The molecule has 0 fully saturated rings. The molecule has 4 nitrogen and oxygen atoms in total. The number of hydrogen-bond donors (Lipinski definition) is 0. The molecule has 0 unspecified atom stereocenters. The van der Waals surface area contributed by atoms with E-state index in [2.05, 4.69) is 0 Å². The van der Waals surface area contributed by atoms with Crippen LogP contribution in [-0.2, 0) is 20.9 Å². The average molecular weight is 249 g/mol. The molecule has 1 aromatic rings. The molecule has 0 saturated heterocycles. The van der Waals surface area contributed by atoms with Gasteiger partial charge in [0.2, 0.25) is 0 Å². The fraction of sp³-hybridized carbons (Fsp3) is 0.429. The number of rotatable bonds is 6. The average Bonchev–Trinajstić information content (AvgIpc) is 2.28. The maximum Gasteiger partial charge on any atom is 0.173 e. The van der Waals surface area contributed by atoms with E-state index in [1.165, 1.54) is 13.8 Å². The van der Waals surface area contributed by atoms with Crippen LogP contribution >= 0.6 is 0 Å². The van der Waals surface area contributed by atoms with Crippen LogP contribution in [0.5, 0.6) is 0 Å². The van der Waals surface area contributed by atoms with Crippen LogP contribution in [0.3, 0.4) is 0 Å². The maximum atomic E-state index is 11.2. The molecule has 4 heteroatoms. The molecule has 0 aliphatic rings. The zero-order valence-electron chi connectivity index (χ0n) is 11.3. The Kier molecular flexibility index (Phi) is 5.04. The van der Waals surface area contributed by atoms with Gasteiger partial charge in [-0.3, -0.25) is 9.59 Å². The van der Waals surface area contributed by atoms with Crippen molar-refractivity contribution < 1.29 is 14.3 Å². The molecule has 0 amide bonds. The molecule has 1 rings (SSSR count). The third kappa shape index (κ3) is 3.96. The molecule has 0 heterocycles. The van der Waals surface area contributed by atoms with Crippen molar-refractivity contribution in [3.8, 4) is 0 Å². The van der Waals surface area contributed by atoms with E-state index in [-0.39, 0.29) is 18.2 Å². The Morgan fingerprint density at radius 1 is 1.11 bits per heavy atom. The summed E-state index contributed by atoms with van der Waals surface area (Å²) in [6.45, 7) is 2.99. The van der Waals surface area contributed by atoms with E-state index in [9.17, 15) is 9.59 Å². The summed E-state index contributed by atoms with van der Waals surface area (Å²) in [4.78, 5) is 24.4. The van der Waals surface area contributed by atoms with Crippen molar-refractivity contribution in [2.75, 3.05) is 19.0 Å². The number of Topliss-reactive ketones (excluding diaryl/α,β-unsaturated/α-hetero) is 2. The Morgan fingerprint density at radius 2 is 1.61 bits per heavy atom. The van der Waals surface area contributed by atoms with E-state index < -0.39 is 6.10 Å². The number of nitrogens with zero attached hydrogens (tertiary/aromatic N) is 1. The van der Waals surface area contributed by atoms with Crippen molar-refractivity contribution in [1.29, 1.82) is 0 Å². The Labute approximate surface area is 108 Å². The molecule has 0 aromatic heterocycles. The summed E-state index contributed by atoms with van der Waals surface area (Å²) in [5, 5.41) is 0. The van der Waals surface area contributed by atoms with Gasteiger partial charge in [-0.2, -0.15) is 0 Å². The lowest BCUT2D eigenvalue weighted by Gasteiger charge is -2.14. The standard InChI is InChI=1S/C14H19NO3/c1-10(16)14(11(2)17)18-9-12-5-7-13(8-6-12)15(3)4/h5-8,14H,9H2,1-4H3. The van der Waals surface area contributed by atoms with Crippen LogP contribution in [0.4, 0.5) is 5.69 Å². The van der Waals surface area contributed by atoms with Gasteiger partial charge in [-0.1, -0.05) is 12.1 Å². The van der Waals surface area contributed by atoms with Crippen LogP contribution in [0.2, 0.25) is 0 Å². The molecule has 0 bridgehead atoms. The molecule has 0 N–H and O–H groups in total. The minimum absolute atomic E-state index is 0.257. The molecule has 0 atom stereocenters. The lowest BCUT2D eigenvalue weighted by molar-refractivity contribution is -0.141. The normalized spacial score (nSPS) is 10.5. The molecule has 18 heavy (non-hydrogen) atoms. The summed E-state index contributed by atoms with van der Waals surface area (Å²) in [6, 6.07) is 7.78. The highest BCUT2D eigenvalue weighted by molar-refractivity contribution is 6.03. The zero-order valence-corrected chi connectivity index (χ0v) is 11.3. The lowest BCUT2D eigenvalue weighted by Crippen LogP contribution is -2.29. The van der Waals surface area contributed by atoms with Gasteiger partial charge in [0.25, 0.3) is 0 Å². The van der Waals surface area contributed by atoms with Crippen molar-refractivity contribution in [3.05, 3.63) is 29.8 Å². The molecular weight excluding hydrogens is 230 g/mol. The fourth-order valence-electron chi connectivity index (χ4n) is 1.59. The van der Waals surface area contributed by atoms with Crippen LogP contribution < -0.4 is 4.90 Å².